The van der Waals surface area contributed by atoms with Crippen LogP contribution in [0.1, 0.15) is 10.4 Å². The number of amides is 1. The summed E-state index contributed by atoms with van der Waals surface area (Å²) in [6.45, 7) is 0. The van der Waals surface area contributed by atoms with Gasteiger partial charge in [-0.2, -0.15) is 5.10 Å². The Morgan fingerprint density at radius 3 is 2.46 bits per heavy atom. The Morgan fingerprint density at radius 2 is 1.62 bits per heavy atom. The molecule has 0 fully saturated rings. The topological polar surface area (TPSA) is 84.2 Å². The number of halogens is 2. The van der Waals surface area contributed by atoms with Crippen LogP contribution in [0.5, 0.6) is 0 Å². The van der Waals surface area contributed by atoms with Gasteiger partial charge in [0.1, 0.15) is 17.3 Å². The quantitative estimate of drug-likeness (QED) is 0.255. The fourth-order valence-corrected chi connectivity index (χ4v) is 4.26. The van der Waals surface area contributed by atoms with Gasteiger partial charge in [0.05, 0.1) is 16.8 Å². The zero-order chi connectivity index (χ0) is 26.8. The van der Waals surface area contributed by atoms with E-state index in [0.29, 0.717) is 34.3 Å². The number of hydrogen-bond acceptors (Lipinski definition) is 5. The van der Waals surface area contributed by atoms with Crippen LogP contribution in [-0.4, -0.2) is 25.5 Å². The maximum atomic E-state index is 13.7. The summed E-state index contributed by atoms with van der Waals surface area (Å²) in [5.74, 6) is -0.828. The van der Waals surface area contributed by atoms with E-state index >= 15 is 0 Å². The highest BCUT2D eigenvalue weighted by Crippen LogP contribution is 2.35. The van der Waals surface area contributed by atoms with E-state index in [1.807, 2.05) is 42.6 Å². The monoisotopic (exact) mass is 518 g/mol. The van der Waals surface area contributed by atoms with Crippen molar-refractivity contribution >= 4 is 28.7 Å². The molecule has 0 saturated heterocycles. The Balaban J connectivity index is 1.38. The van der Waals surface area contributed by atoms with E-state index in [0.717, 1.165) is 16.6 Å². The second-order valence-electron chi connectivity index (χ2n) is 8.70. The van der Waals surface area contributed by atoms with Crippen LogP contribution in [0.15, 0.2) is 109 Å². The highest BCUT2D eigenvalue weighted by Gasteiger charge is 2.19. The molecular weight excluding hydrogens is 498 g/mol. The summed E-state index contributed by atoms with van der Waals surface area (Å²) in [4.78, 5) is 21.7. The van der Waals surface area contributed by atoms with Gasteiger partial charge in [0, 0.05) is 34.9 Å². The molecule has 39 heavy (non-hydrogen) atoms. The average molecular weight is 519 g/mol. The molecule has 6 aromatic rings. The van der Waals surface area contributed by atoms with Crippen LogP contribution in [0.25, 0.3) is 28.0 Å². The average Bonchev–Trinajstić information content (AvgIpc) is 3.34. The third-order valence-corrected chi connectivity index (χ3v) is 6.03. The molecule has 3 aromatic heterocycles. The number of hydrogen-bond donors (Lipinski definition) is 2. The molecule has 0 spiro atoms. The Labute approximate surface area is 221 Å². The number of nitrogens with zero attached hydrogens (tertiary/aromatic N) is 4. The fraction of sp³-hybridized carbons (Fsp3) is 0. The lowest BCUT2D eigenvalue weighted by atomic mass is 10.0. The number of nitrogens with one attached hydrogen (secondary N) is 2. The summed E-state index contributed by atoms with van der Waals surface area (Å²) < 4.78 is 28.7. The molecule has 9 heteroatoms. The molecule has 1 amide bonds. The Morgan fingerprint density at radius 1 is 0.795 bits per heavy atom. The molecule has 7 nitrogen and oxygen atoms in total. The Hall–Kier alpha value is -5.44. The van der Waals surface area contributed by atoms with Crippen molar-refractivity contribution in [2.75, 3.05) is 10.6 Å². The van der Waals surface area contributed by atoms with Crippen LogP contribution < -0.4 is 10.6 Å². The first-order valence-electron chi connectivity index (χ1n) is 12.0. The molecule has 3 aromatic carbocycles. The normalized spacial score (nSPS) is 10.9. The van der Waals surface area contributed by atoms with E-state index in [4.69, 9.17) is 10.1 Å². The molecule has 0 aliphatic heterocycles. The van der Waals surface area contributed by atoms with Gasteiger partial charge < -0.3 is 10.6 Å². The van der Waals surface area contributed by atoms with Gasteiger partial charge in [-0.05, 0) is 72.8 Å². The van der Waals surface area contributed by atoms with E-state index in [1.54, 1.807) is 35.0 Å². The third-order valence-electron chi connectivity index (χ3n) is 6.03. The van der Waals surface area contributed by atoms with Crippen LogP contribution in [0.3, 0.4) is 0 Å². The summed E-state index contributed by atoms with van der Waals surface area (Å²) in [5.41, 5.74) is 5.03. The van der Waals surface area contributed by atoms with Gasteiger partial charge >= 0.3 is 0 Å². The standard InChI is InChI=1S/C30H20F2N6O/c31-21-12-10-19(11-13-21)29(39)34-23-7-3-5-20(17-23)28-27(26-9-1-2-16-38(26)37-28)25-14-15-33-30(36-25)35-24-8-4-6-22(32)18-24/h1-18H,(H,34,39)(H,33,35,36). The van der Waals surface area contributed by atoms with Crippen molar-refractivity contribution in [1.29, 1.82) is 0 Å². The van der Waals surface area contributed by atoms with Gasteiger partial charge in [0.2, 0.25) is 5.95 Å². The molecule has 0 saturated carbocycles. The maximum absolute atomic E-state index is 13.7. The van der Waals surface area contributed by atoms with Crippen molar-refractivity contribution in [2.24, 2.45) is 0 Å². The third kappa shape index (κ3) is 5.05. The van der Waals surface area contributed by atoms with Crippen LogP contribution in [0.4, 0.5) is 26.1 Å². The maximum Gasteiger partial charge on any atom is 0.255 e. The molecule has 0 atom stereocenters. The van der Waals surface area contributed by atoms with E-state index in [1.165, 1.54) is 36.4 Å². The van der Waals surface area contributed by atoms with Gasteiger partial charge in [-0.3, -0.25) is 4.79 Å². The van der Waals surface area contributed by atoms with Crippen LogP contribution in [0.2, 0.25) is 0 Å². The zero-order valence-corrected chi connectivity index (χ0v) is 20.3. The van der Waals surface area contributed by atoms with Gasteiger partial charge in [-0.25, -0.2) is 23.3 Å². The van der Waals surface area contributed by atoms with Gasteiger partial charge in [-0.1, -0.05) is 24.3 Å². The SMILES string of the molecule is O=C(Nc1cccc(-c2nn3ccccc3c2-c2ccnc(Nc3cccc(F)c3)n2)c1)c1ccc(F)cc1. The van der Waals surface area contributed by atoms with Gasteiger partial charge in [0.25, 0.3) is 5.91 Å². The predicted octanol–water partition coefficient (Wildman–Crippen LogP) is 6.73. The van der Waals surface area contributed by atoms with Crippen LogP contribution >= 0.6 is 0 Å². The van der Waals surface area contributed by atoms with Crippen LogP contribution in [-0.2, 0) is 0 Å². The van der Waals surface area contributed by atoms with Gasteiger partial charge in [-0.15, -0.1) is 0 Å². The van der Waals surface area contributed by atoms with Crippen molar-refractivity contribution < 1.29 is 13.6 Å². The molecule has 190 valence electrons. The van der Waals surface area contributed by atoms with E-state index in [9.17, 15) is 13.6 Å². The molecule has 6 rings (SSSR count). The molecule has 0 radical (unpaired) electrons. The molecule has 0 aliphatic rings. The van der Waals surface area contributed by atoms with E-state index in [-0.39, 0.29) is 11.7 Å². The first kappa shape index (κ1) is 23.9. The Bertz CT molecular complexity index is 1820. The number of benzene rings is 3. The van der Waals surface area contributed by atoms with Crippen molar-refractivity contribution in [3.8, 4) is 22.5 Å². The lowest BCUT2D eigenvalue weighted by Gasteiger charge is -2.09. The second kappa shape index (κ2) is 10.1. The number of pyridine rings is 1. The van der Waals surface area contributed by atoms with Crippen molar-refractivity contribution in [2.45, 2.75) is 0 Å². The van der Waals surface area contributed by atoms with E-state index in [2.05, 4.69) is 15.6 Å². The Kier molecular flexibility index (Phi) is 6.22. The number of aromatic nitrogens is 4. The minimum Gasteiger partial charge on any atom is -0.324 e. The molecular formula is C30H20F2N6O. The summed E-state index contributed by atoms with van der Waals surface area (Å²) in [6, 6.07) is 26.2. The van der Waals surface area contributed by atoms with Crippen molar-refractivity contribution in [3.63, 3.8) is 0 Å². The fourth-order valence-electron chi connectivity index (χ4n) is 4.26. The van der Waals surface area contributed by atoms with Crippen molar-refractivity contribution in [3.05, 3.63) is 127 Å². The number of anilines is 3. The minimum absolute atomic E-state index is 0.305. The zero-order valence-electron chi connectivity index (χ0n) is 20.3. The summed E-state index contributed by atoms with van der Waals surface area (Å²) >= 11 is 0. The highest BCUT2D eigenvalue weighted by molar-refractivity contribution is 6.04. The lowest BCUT2D eigenvalue weighted by molar-refractivity contribution is 0.102. The lowest BCUT2D eigenvalue weighted by Crippen LogP contribution is -2.11. The first-order chi connectivity index (χ1) is 19.0. The number of carbonyl (C=O) groups excluding carboxylic acids is 1. The molecule has 2 N–H and O–H groups in total. The first-order valence-corrected chi connectivity index (χ1v) is 12.0. The predicted molar refractivity (Wildman–Crippen MR) is 146 cm³/mol. The van der Waals surface area contributed by atoms with Crippen LogP contribution in [0, 0.1) is 11.6 Å². The minimum atomic E-state index is -0.410. The summed E-state index contributed by atoms with van der Waals surface area (Å²) in [7, 11) is 0. The summed E-state index contributed by atoms with van der Waals surface area (Å²) in [6.07, 6.45) is 3.47. The van der Waals surface area contributed by atoms with Gasteiger partial charge in [0.15, 0.2) is 0 Å². The molecule has 0 unspecified atom stereocenters. The summed E-state index contributed by atoms with van der Waals surface area (Å²) in [5, 5.41) is 10.7. The highest BCUT2D eigenvalue weighted by atomic mass is 19.1. The number of fused-ring (bicyclic) bond motifs is 1. The van der Waals surface area contributed by atoms with Crippen molar-refractivity contribution in [1.82, 2.24) is 19.6 Å². The number of carbonyl (C=O) groups is 1. The second-order valence-corrected chi connectivity index (χ2v) is 8.70. The smallest absolute Gasteiger partial charge is 0.255 e. The van der Waals surface area contributed by atoms with E-state index < -0.39 is 5.82 Å². The largest absolute Gasteiger partial charge is 0.324 e. The molecule has 0 bridgehead atoms. The molecule has 0 aliphatic carbocycles. The number of rotatable bonds is 6. The molecule has 3 heterocycles.